The molecule has 4 atom stereocenters. The maximum absolute atomic E-state index is 3.99. The van der Waals surface area contributed by atoms with Crippen LogP contribution >= 0.6 is 18.5 Å². The van der Waals surface area contributed by atoms with E-state index in [1.807, 2.05) is 0 Å². The lowest BCUT2D eigenvalue weighted by Gasteiger charge is -2.63. The molecule has 6 aliphatic rings. The van der Waals surface area contributed by atoms with Gasteiger partial charge >= 0.3 is 0 Å². The molecule has 7 rings (SSSR count). The number of piperazine rings is 2. The van der Waals surface area contributed by atoms with Crippen molar-refractivity contribution < 1.29 is 0 Å². The van der Waals surface area contributed by atoms with E-state index in [0.29, 0.717) is 17.5 Å². The third-order valence-corrected chi connectivity index (χ3v) is 14.9. The van der Waals surface area contributed by atoms with Crippen LogP contribution in [0.3, 0.4) is 0 Å². The number of hydrogen-bond donors (Lipinski definition) is 4. The predicted octanol–water partition coefficient (Wildman–Crippen LogP) is 2.99. The van der Waals surface area contributed by atoms with Gasteiger partial charge in [-0.15, -0.1) is 18.5 Å². The van der Waals surface area contributed by atoms with Crippen molar-refractivity contribution in [2.75, 3.05) is 45.4 Å². The summed E-state index contributed by atoms with van der Waals surface area (Å²) < 4.78 is 0. The van der Waals surface area contributed by atoms with Crippen molar-refractivity contribution in [1.29, 1.82) is 0 Å². The lowest BCUT2D eigenvalue weighted by molar-refractivity contribution is -0.0507. The minimum atomic E-state index is -1.47. The topological polar surface area (TPSA) is 48.1 Å². The van der Waals surface area contributed by atoms with Crippen molar-refractivity contribution in [3.63, 3.8) is 0 Å². The molecule has 2 aliphatic heterocycles. The van der Waals surface area contributed by atoms with Crippen molar-refractivity contribution in [3.8, 4) is 0 Å². The molecule has 4 bridgehead atoms. The zero-order chi connectivity index (χ0) is 25.1. The molecule has 4 unspecified atom stereocenters. The third kappa shape index (κ3) is 4.23. The molecule has 6 fully saturated rings. The van der Waals surface area contributed by atoms with Crippen molar-refractivity contribution in [3.05, 3.63) is 29.3 Å². The summed E-state index contributed by atoms with van der Waals surface area (Å²) in [6, 6.07) is 8.71. The first-order valence-corrected chi connectivity index (χ1v) is 19.7. The molecule has 1 aromatic rings. The molecule has 2 heterocycles. The fourth-order valence-corrected chi connectivity index (χ4v) is 12.0. The van der Waals surface area contributed by atoms with Crippen LogP contribution in [-0.2, 0) is 10.6 Å². The van der Waals surface area contributed by atoms with Gasteiger partial charge in [0.15, 0.2) is 0 Å². The second-order valence-corrected chi connectivity index (χ2v) is 20.4. The molecule has 7 heteroatoms. The lowest BCUT2D eigenvalue weighted by Crippen LogP contribution is -2.67. The van der Waals surface area contributed by atoms with Crippen LogP contribution in [0.1, 0.15) is 43.2 Å². The zero-order valence-electron chi connectivity index (χ0n) is 22.8. The van der Waals surface area contributed by atoms with E-state index in [9.17, 15) is 0 Å². The number of hydrogen-bond acceptors (Lipinski definition) is 4. The number of benzene rings is 1. The van der Waals surface area contributed by atoms with Gasteiger partial charge in [-0.05, 0) is 73.1 Å². The molecule has 4 aliphatic carbocycles. The Balaban J connectivity index is 1.55. The van der Waals surface area contributed by atoms with Crippen LogP contribution < -0.4 is 26.5 Å². The van der Waals surface area contributed by atoms with Crippen molar-refractivity contribution in [1.82, 2.24) is 21.3 Å². The van der Waals surface area contributed by atoms with Gasteiger partial charge in [-0.2, -0.15) is 0 Å². The van der Waals surface area contributed by atoms with Gasteiger partial charge in [0.2, 0.25) is 0 Å². The smallest absolute Gasteiger partial charge is 0.0776 e. The van der Waals surface area contributed by atoms with Gasteiger partial charge in [0.05, 0.1) is 8.07 Å². The summed E-state index contributed by atoms with van der Waals surface area (Å²) in [5.74, 6) is 3.70. The second-order valence-electron chi connectivity index (χ2n) is 13.9. The van der Waals surface area contributed by atoms with E-state index in [2.05, 4.69) is 77.6 Å². The summed E-state index contributed by atoms with van der Waals surface area (Å²) in [5, 5.41) is 17.0. The molecular formula is C29H50N4P2Si. The molecule has 0 spiro atoms. The van der Waals surface area contributed by atoms with Crippen molar-refractivity contribution in [2.24, 2.45) is 23.7 Å². The van der Waals surface area contributed by atoms with E-state index in [1.165, 1.54) is 38.3 Å². The Morgan fingerprint density at radius 3 is 1.86 bits per heavy atom. The average Bonchev–Trinajstić information content (AvgIpc) is 2.89. The monoisotopic (exact) mass is 544 g/mol. The molecule has 0 aromatic heterocycles. The van der Waals surface area contributed by atoms with Crippen LogP contribution in [0.5, 0.6) is 0 Å². The van der Waals surface area contributed by atoms with E-state index < -0.39 is 8.07 Å². The summed E-state index contributed by atoms with van der Waals surface area (Å²) >= 11 is 0. The van der Waals surface area contributed by atoms with E-state index in [1.54, 1.807) is 16.3 Å². The molecule has 4 N–H and O–H groups in total. The van der Waals surface area contributed by atoms with E-state index >= 15 is 0 Å². The highest BCUT2D eigenvalue weighted by atomic mass is 31.0. The SMILES string of the molecule is C[Si](C)(C)c1ccc(C2(CP)C3CC4CC(C3)CC2C4)c(C(P)(C2CNCCN2)C2CNCCN2)c1. The minimum absolute atomic E-state index is 0.0622. The van der Waals surface area contributed by atoms with Gasteiger partial charge in [0, 0.05) is 61.9 Å². The number of rotatable bonds is 6. The molecule has 4 saturated carbocycles. The average molecular weight is 545 g/mol. The number of nitrogens with one attached hydrogen (secondary N) is 4. The Hall–Kier alpha value is 0.137. The molecule has 4 nitrogen and oxygen atoms in total. The van der Waals surface area contributed by atoms with Crippen molar-refractivity contribution >= 4 is 31.7 Å². The first-order chi connectivity index (χ1) is 17.3. The normalized spacial score (nSPS) is 40.2. The Kier molecular flexibility index (Phi) is 7.29. The highest BCUT2D eigenvalue weighted by molar-refractivity contribution is 7.18. The highest BCUT2D eigenvalue weighted by Gasteiger charge is 2.59. The maximum Gasteiger partial charge on any atom is 0.0776 e. The minimum Gasteiger partial charge on any atom is -0.314 e. The van der Waals surface area contributed by atoms with Crippen LogP contribution in [0.15, 0.2) is 18.2 Å². The maximum atomic E-state index is 3.99. The molecular weight excluding hydrogens is 494 g/mol. The fourth-order valence-electron chi connectivity index (χ4n) is 9.28. The van der Waals surface area contributed by atoms with Crippen LogP contribution in [0.4, 0.5) is 0 Å². The van der Waals surface area contributed by atoms with Crippen molar-refractivity contribution in [2.45, 2.75) is 74.4 Å². The van der Waals surface area contributed by atoms with Gasteiger partial charge < -0.3 is 21.3 Å². The second kappa shape index (κ2) is 9.95. The predicted molar refractivity (Wildman–Crippen MR) is 163 cm³/mol. The lowest BCUT2D eigenvalue weighted by atomic mass is 9.43. The fraction of sp³-hybridized carbons (Fsp3) is 0.793. The third-order valence-electron chi connectivity index (χ3n) is 11.0. The van der Waals surface area contributed by atoms with Gasteiger partial charge in [0.25, 0.3) is 0 Å². The molecule has 2 saturated heterocycles. The first kappa shape index (κ1) is 26.4. The quantitative estimate of drug-likeness (QED) is 0.329. The Bertz CT molecular complexity index is 905. The highest BCUT2D eigenvalue weighted by Crippen LogP contribution is 2.64. The summed E-state index contributed by atoms with van der Waals surface area (Å²) in [5.41, 5.74) is 3.67. The molecule has 0 amide bonds. The molecule has 36 heavy (non-hydrogen) atoms. The standard InChI is InChI=1S/C29H50N4P2Si/c1-36(2,3)23-4-5-24(28(18-34)21-11-19-10-20(13-21)14-22(28)12-19)25(15-23)29(35,26-16-30-6-8-32-26)27-17-31-7-9-33-27/h4-5,15,19-22,26-27,30-33H,6-14,16-18,34-35H2,1-3H3. The zero-order valence-corrected chi connectivity index (χ0v) is 26.1. The molecule has 0 radical (unpaired) electrons. The van der Waals surface area contributed by atoms with Gasteiger partial charge in [-0.1, -0.05) is 43.0 Å². The van der Waals surface area contributed by atoms with E-state index in [0.717, 1.165) is 62.9 Å². The Morgan fingerprint density at radius 2 is 1.42 bits per heavy atom. The van der Waals surface area contributed by atoms with E-state index in [-0.39, 0.29) is 5.16 Å². The first-order valence-electron chi connectivity index (χ1n) is 14.8. The Labute approximate surface area is 225 Å². The summed E-state index contributed by atoms with van der Waals surface area (Å²) in [4.78, 5) is 0. The van der Waals surface area contributed by atoms with Crippen LogP contribution in [0, 0.1) is 23.7 Å². The summed E-state index contributed by atoms with van der Waals surface area (Å²) in [7, 11) is 5.29. The largest absolute Gasteiger partial charge is 0.314 e. The summed E-state index contributed by atoms with van der Waals surface area (Å²) in [6.07, 6.45) is 8.60. The Morgan fingerprint density at radius 1 is 0.861 bits per heavy atom. The summed E-state index contributed by atoms with van der Waals surface area (Å²) in [6.45, 7) is 13.9. The van der Waals surface area contributed by atoms with Gasteiger partial charge in [-0.25, -0.2) is 0 Å². The molecule has 200 valence electrons. The van der Waals surface area contributed by atoms with Crippen LogP contribution in [0.25, 0.3) is 0 Å². The van der Waals surface area contributed by atoms with Gasteiger partial charge in [-0.3, -0.25) is 0 Å². The van der Waals surface area contributed by atoms with Crippen LogP contribution in [-0.4, -0.2) is 65.6 Å². The van der Waals surface area contributed by atoms with E-state index in [4.69, 9.17) is 0 Å². The van der Waals surface area contributed by atoms with Crippen LogP contribution in [0.2, 0.25) is 19.6 Å². The molecule has 1 aromatic carbocycles. The van der Waals surface area contributed by atoms with Gasteiger partial charge in [0.1, 0.15) is 0 Å².